The Kier molecular flexibility index (Phi) is 3.03. The third kappa shape index (κ3) is 2.02. The highest BCUT2D eigenvalue weighted by Crippen LogP contribution is 2.38. The lowest BCUT2D eigenvalue weighted by atomic mass is 9.84. The van der Waals surface area contributed by atoms with Gasteiger partial charge in [-0.2, -0.15) is 0 Å². The summed E-state index contributed by atoms with van der Waals surface area (Å²) in [7, 11) is 1.69. The standard InChI is InChI=1S/C15H19N3O/c1-10-17-7-8-18(10)14-6-4-11-3-5-12(19-2)9-13(11)15(14)16/h3,5,7-9,14-15H,4,6,16H2,1-2H3. The smallest absolute Gasteiger partial charge is 0.119 e. The maximum absolute atomic E-state index is 6.47. The van der Waals surface area contributed by atoms with Gasteiger partial charge in [-0.1, -0.05) is 6.07 Å². The minimum absolute atomic E-state index is 0.00764. The van der Waals surface area contributed by atoms with Crippen LogP contribution in [0.15, 0.2) is 30.6 Å². The van der Waals surface area contributed by atoms with E-state index in [-0.39, 0.29) is 12.1 Å². The number of nitrogens with zero attached hydrogens (tertiary/aromatic N) is 2. The average molecular weight is 257 g/mol. The number of aromatic nitrogens is 2. The van der Waals surface area contributed by atoms with Gasteiger partial charge in [0, 0.05) is 12.4 Å². The van der Waals surface area contributed by atoms with E-state index < -0.39 is 0 Å². The maximum atomic E-state index is 6.47. The van der Waals surface area contributed by atoms with Crippen molar-refractivity contribution >= 4 is 0 Å². The molecule has 1 heterocycles. The third-order valence-corrected chi connectivity index (χ3v) is 4.06. The molecule has 0 fully saturated rings. The van der Waals surface area contributed by atoms with Gasteiger partial charge in [-0.25, -0.2) is 4.98 Å². The molecular formula is C15H19N3O. The monoisotopic (exact) mass is 257 g/mol. The first-order valence-electron chi connectivity index (χ1n) is 6.62. The van der Waals surface area contributed by atoms with Crippen molar-refractivity contribution in [3.63, 3.8) is 0 Å². The van der Waals surface area contributed by atoms with Gasteiger partial charge < -0.3 is 15.0 Å². The Balaban J connectivity index is 1.99. The highest BCUT2D eigenvalue weighted by Gasteiger charge is 2.28. The molecule has 2 N–H and O–H groups in total. The minimum Gasteiger partial charge on any atom is -0.497 e. The van der Waals surface area contributed by atoms with Crippen LogP contribution in [0.2, 0.25) is 0 Å². The molecule has 0 spiro atoms. The van der Waals surface area contributed by atoms with Crippen LogP contribution >= 0.6 is 0 Å². The lowest BCUT2D eigenvalue weighted by Crippen LogP contribution is -2.30. The Bertz CT molecular complexity index is 591. The fourth-order valence-electron chi connectivity index (χ4n) is 2.98. The first-order chi connectivity index (χ1) is 9.20. The Morgan fingerprint density at radius 3 is 2.95 bits per heavy atom. The lowest BCUT2D eigenvalue weighted by Gasteiger charge is -2.32. The predicted molar refractivity (Wildman–Crippen MR) is 74.2 cm³/mol. The van der Waals surface area contributed by atoms with Gasteiger partial charge in [-0.15, -0.1) is 0 Å². The van der Waals surface area contributed by atoms with Crippen LogP contribution in [-0.4, -0.2) is 16.7 Å². The Hall–Kier alpha value is -1.81. The summed E-state index contributed by atoms with van der Waals surface area (Å²) in [5.74, 6) is 1.89. The van der Waals surface area contributed by atoms with Crippen LogP contribution in [0.3, 0.4) is 0 Å². The van der Waals surface area contributed by atoms with Crippen molar-refractivity contribution < 1.29 is 4.74 Å². The summed E-state index contributed by atoms with van der Waals surface area (Å²) in [4.78, 5) is 4.30. The SMILES string of the molecule is COc1ccc2c(c1)C(N)C(n1ccnc1C)CC2. The fraction of sp³-hybridized carbons (Fsp3) is 0.400. The number of hydrogen-bond donors (Lipinski definition) is 1. The molecule has 1 aromatic carbocycles. The zero-order chi connectivity index (χ0) is 13.4. The lowest BCUT2D eigenvalue weighted by molar-refractivity contribution is 0.361. The number of imidazole rings is 1. The summed E-state index contributed by atoms with van der Waals surface area (Å²) in [5, 5.41) is 0. The quantitative estimate of drug-likeness (QED) is 0.898. The zero-order valence-corrected chi connectivity index (χ0v) is 11.3. The highest BCUT2D eigenvalue weighted by molar-refractivity contribution is 5.40. The second-order valence-corrected chi connectivity index (χ2v) is 5.08. The molecule has 0 radical (unpaired) electrons. The van der Waals surface area contributed by atoms with Crippen LogP contribution in [0, 0.1) is 6.92 Å². The van der Waals surface area contributed by atoms with E-state index >= 15 is 0 Å². The van der Waals surface area contributed by atoms with Crippen molar-refractivity contribution in [1.82, 2.24) is 9.55 Å². The molecular weight excluding hydrogens is 238 g/mol. The summed E-state index contributed by atoms with van der Waals surface area (Å²) >= 11 is 0. The molecule has 1 aliphatic carbocycles. The van der Waals surface area contributed by atoms with E-state index in [4.69, 9.17) is 10.5 Å². The van der Waals surface area contributed by atoms with Crippen molar-refractivity contribution in [1.29, 1.82) is 0 Å². The van der Waals surface area contributed by atoms with Crippen molar-refractivity contribution in [2.24, 2.45) is 5.73 Å². The maximum Gasteiger partial charge on any atom is 0.119 e. The molecule has 2 unspecified atom stereocenters. The van der Waals surface area contributed by atoms with Gasteiger partial charge in [0.25, 0.3) is 0 Å². The number of rotatable bonds is 2. The normalized spacial score (nSPS) is 22.1. The van der Waals surface area contributed by atoms with E-state index in [2.05, 4.69) is 21.7 Å². The number of methoxy groups -OCH3 is 1. The Morgan fingerprint density at radius 2 is 2.26 bits per heavy atom. The van der Waals surface area contributed by atoms with Crippen molar-refractivity contribution in [3.8, 4) is 5.75 Å². The average Bonchev–Trinajstić information content (AvgIpc) is 2.85. The van der Waals surface area contributed by atoms with Crippen molar-refractivity contribution in [2.45, 2.75) is 31.8 Å². The van der Waals surface area contributed by atoms with E-state index in [1.165, 1.54) is 11.1 Å². The number of nitrogens with two attached hydrogens (primary N) is 1. The van der Waals surface area contributed by atoms with Crippen LogP contribution in [-0.2, 0) is 6.42 Å². The van der Waals surface area contributed by atoms with Gasteiger partial charge in [-0.3, -0.25) is 0 Å². The first kappa shape index (κ1) is 12.2. The molecule has 4 heteroatoms. The molecule has 0 saturated carbocycles. The summed E-state index contributed by atoms with van der Waals surface area (Å²) in [6, 6.07) is 6.48. The fourth-order valence-corrected chi connectivity index (χ4v) is 2.98. The molecule has 2 aromatic rings. The molecule has 1 aliphatic rings. The van der Waals surface area contributed by atoms with Crippen LogP contribution in [0.25, 0.3) is 0 Å². The van der Waals surface area contributed by atoms with Gasteiger partial charge in [0.2, 0.25) is 0 Å². The van der Waals surface area contributed by atoms with Crippen LogP contribution in [0.4, 0.5) is 0 Å². The Labute approximate surface area is 113 Å². The first-order valence-corrected chi connectivity index (χ1v) is 6.62. The van der Waals surface area contributed by atoms with Crippen molar-refractivity contribution in [2.75, 3.05) is 7.11 Å². The summed E-state index contributed by atoms with van der Waals surface area (Å²) in [6.45, 7) is 2.02. The van der Waals surface area contributed by atoms with Gasteiger partial charge in [0.15, 0.2) is 0 Å². The molecule has 100 valence electrons. The van der Waals surface area contributed by atoms with Crippen LogP contribution in [0.5, 0.6) is 5.75 Å². The number of benzene rings is 1. The molecule has 1 aromatic heterocycles. The molecule has 4 nitrogen and oxygen atoms in total. The summed E-state index contributed by atoms with van der Waals surface area (Å²) in [6.07, 6.45) is 5.96. The molecule has 0 saturated heterocycles. The van der Waals surface area contributed by atoms with E-state index in [9.17, 15) is 0 Å². The predicted octanol–water partition coefficient (Wildman–Crippen LogP) is 2.39. The van der Waals surface area contributed by atoms with Crippen LogP contribution in [0.1, 0.15) is 35.5 Å². The van der Waals surface area contributed by atoms with Crippen LogP contribution < -0.4 is 10.5 Å². The van der Waals surface area contributed by atoms with Crippen molar-refractivity contribution in [3.05, 3.63) is 47.5 Å². The van der Waals surface area contributed by atoms with E-state index in [0.29, 0.717) is 0 Å². The summed E-state index contributed by atoms with van der Waals surface area (Å²) in [5.41, 5.74) is 9.00. The molecule has 19 heavy (non-hydrogen) atoms. The topological polar surface area (TPSA) is 53.1 Å². The van der Waals surface area contributed by atoms with Gasteiger partial charge in [0.1, 0.15) is 11.6 Å². The number of aryl methyl sites for hydroxylation is 2. The minimum atomic E-state index is -0.00764. The van der Waals surface area contributed by atoms with E-state index in [1.54, 1.807) is 7.11 Å². The Morgan fingerprint density at radius 1 is 1.42 bits per heavy atom. The zero-order valence-electron chi connectivity index (χ0n) is 11.3. The van der Waals surface area contributed by atoms with Gasteiger partial charge >= 0.3 is 0 Å². The number of fused-ring (bicyclic) bond motifs is 1. The second-order valence-electron chi connectivity index (χ2n) is 5.08. The number of ether oxygens (including phenoxy) is 1. The molecule has 2 atom stereocenters. The largest absolute Gasteiger partial charge is 0.497 e. The number of hydrogen-bond acceptors (Lipinski definition) is 3. The van der Waals surface area contributed by atoms with E-state index in [1.807, 2.05) is 25.4 Å². The van der Waals surface area contributed by atoms with Gasteiger partial charge in [0.05, 0.1) is 19.2 Å². The van der Waals surface area contributed by atoms with E-state index in [0.717, 1.165) is 24.4 Å². The highest BCUT2D eigenvalue weighted by atomic mass is 16.5. The third-order valence-electron chi connectivity index (χ3n) is 4.06. The molecule has 0 amide bonds. The molecule has 3 rings (SSSR count). The summed E-state index contributed by atoms with van der Waals surface area (Å²) < 4.78 is 7.49. The van der Waals surface area contributed by atoms with Gasteiger partial charge in [-0.05, 0) is 43.0 Å². The molecule has 0 bridgehead atoms. The molecule has 0 aliphatic heterocycles. The second kappa shape index (κ2) is 4.70.